The lowest BCUT2D eigenvalue weighted by molar-refractivity contribution is 0.191. The third-order valence-corrected chi connectivity index (χ3v) is 4.00. The van der Waals surface area contributed by atoms with Crippen molar-refractivity contribution in [2.75, 3.05) is 7.11 Å². The van der Waals surface area contributed by atoms with Crippen LogP contribution in [0.25, 0.3) is 0 Å². The Hall–Kier alpha value is -1.45. The van der Waals surface area contributed by atoms with Crippen LogP contribution in [0.2, 0.25) is 0 Å². The van der Waals surface area contributed by atoms with Crippen LogP contribution in [0.1, 0.15) is 24.2 Å². The number of rotatable bonds is 4. The lowest BCUT2D eigenvalue weighted by atomic mass is 10.1. The fourth-order valence-corrected chi connectivity index (χ4v) is 2.99. The summed E-state index contributed by atoms with van der Waals surface area (Å²) in [5.74, 6) is 0.729. The predicted molar refractivity (Wildman–Crippen MR) is 78.9 cm³/mol. The van der Waals surface area contributed by atoms with Crippen LogP contribution in [0.5, 0.6) is 5.75 Å². The highest BCUT2D eigenvalue weighted by Gasteiger charge is 2.14. The van der Waals surface area contributed by atoms with E-state index in [4.69, 9.17) is 4.74 Å². The molecule has 0 spiro atoms. The molecule has 0 saturated carbocycles. The topological polar surface area (TPSA) is 29.5 Å². The third-order valence-electron chi connectivity index (χ3n) is 2.91. The summed E-state index contributed by atoms with van der Waals surface area (Å²) >= 11 is 1.64. The minimum Gasteiger partial charge on any atom is -0.496 e. The second-order valence-electron chi connectivity index (χ2n) is 4.46. The standard InChI is InChI=1S/C16H18O2S/c1-11-7-9-13(10-8-11)19-15-6-4-5-14(18-3)16(15)12(2)17/h4-10,12,17H,1-3H3/t12-/m0/s1. The molecule has 0 fully saturated rings. The van der Waals surface area contributed by atoms with Crippen LogP contribution in [0.3, 0.4) is 0 Å². The van der Waals surface area contributed by atoms with E-state index in [1.807, 2.05) is 18.2 Å². The molecule has 100 valence electrons. The fraction of sp³-hybridized carbons (Fsp3) is 0.250. The number of ether oxygens (including phenoxy) is 1. The number of aliphatic hydroxyl groups excluding tert-OH is 1. The summed E-state index contributed by atoms with van der Waals surface area (Å²) in [4.78, 5) is 2.18. The fourth-order valence-electron chi connectivity index (χ4n) is 1.94. The maximum Gasteiger partial charge on any atom is 0.125 e. The van der Waals surface area contributed by atoms with Crippen molar-refractivity contribution in [3.63, 3.8) is 0 Å². The Balaban J connectivity index is 2.36. The van der Waals surface area contributed by atoms with Gasteiger partial charge in [0, 0.05) is 15.4 Å². The molecule has 2 rings (SSSR count). The molecule has 0 unspecified atom stereocenters. The van der Waals surface area contributed by atoms with Gasteiger partial charge in [-0.15, -0.1) is 0 Å². The van der Waals surface area contributed by atoms with Gasteiger partial charge in [0.25, 0.3) is 0 Å². The van der Waals surface area contributed by atoms with Gasteiger partial charge in [-0.3, -0.25) is 0 Å². The summed E-state index contributed by atoms with van der Waals surface area (Å²) in [5.41, 5.74) is 2.08. The van der Waals surface area contributed by atoms with Gasteiger partial charge in [-0.25, -0.2) is 0 Å². The largest absolute Gasteiger partial charge is 0.496 e. The smallest absolute Gasteiger partial charge is 0.125 e. The number of aryl methyl sites for hydroxylation is 1. The third kappa shape index (κ3) is 3.31. The Morgan fingerprint density at radius 2 is 1.79 bits per heavy atom. The Bertz CT molecular complexity index is 547. The average Bonchev–Trinajstić information content (AvgIpc) is 2.40. The molecular weight excluding hydrogens is 256 g/mol. The summed E-state index contributed by atoms with van der Waals surface area (Å²) in [7, 11) is 1.63. The van der Waals surface area contributed by atoms with Gasteiger partial charge in [0.05, 0.1) is 13.2 Å². The van der Waals surface area contributed by atoms with Gasteiger partial charge in [-0.05, 0) is 38.1 Å². The lowest BCUT2D eigenvalue weighted by Gasteiger charge is -2.15. The molecule has 0 aliphatic rings. The summed E-state index contributed by atoms with van der Waals surface area (Å²) in [6.07, 6.45) is -0.552. The first-order valence-corrected chi connectivity index (χ1v) is 7.03. The van der Waals surface area contributed by atoms with Crippen LogP contribution < -0.4 is 4.74 Å². The van der Waals surface area contributed by atoms with Crippen LogP contribution in [-0.2, 0) is 0 Å². The van der Waals surface area contributed by atoms with Crippen LogP contribution in [0, 0.1) is 6.92 Å². The molecule has 0 heterocycles. The first-order chi connectivity index (χ1) is 9.11. The Kier molecular flexibility index (Phi) is 4.51. The molecule has 2 aromatic carbocycles. The molecule has 19 heavy (non-hydrogen) atoms. The maximum absolute atomic E-state index is 9.95. The second kappa shape index (κ2) is 6.13. The predicted octanol–water partition coefficient (Wildman–Crippen LogP) is 4.21. The monoisotopic (exact) mass is 274 g/mol. The zero-order valence-corrected chi connectivity index (χ0v) is 12.2. The van der Waals surface area contributed by atoms with Crippen LogP contribution in [0.4, 0.5) is 0 Å². The zero-order chi connectivity index (χ0) is 13.8. The summed E-state index contributed by atoms with van der Waals surface area (Å²) in [5, 5.41) is 9.95. The molecule has 0 aliphatic heterocycles. The molecular formula is C16H18O2S. The first-order valence-electron chi connectivity index (χ1n) is 6.21. The number of hydrogen-bond donors (Lipinski definition) is 1. The van der Waals surface area contributed by atoms with E-state index < -0.39 is 6.10 Å². The molecule has 1 atom stereocenters. The number of methoxy groups -OCH3 is 1. The molecule has 2 nitrogen and oxygen atoms in total. The highest BCUT2D eigenvalue weighted by molar-refractivity contribution is 7.99. The van der Waals surface area contributed by atoms with Gasteiger partial charge in [-0.1, -0.05) is 35.5 Å². The van der Waals surface area contributed by atoms with Crippen molar-refractivity contribution < 1.29 is 9.84 Å². The van der Waals surface area contributed by atoms with E-state index in [0.29, 0.717) is 0 Å². The zero-order valence-electron chi connectivity index (χ0n) is 11.4. The van der Waals surface area contributed by atoms with Crippen molar-refractivity contribution in [1.82, 2.24) is 0 Å². The van der Waals surface area contributed by atoms with Crippen molar-refractivity contribution in [2.24, 2.45) is 0 Å². The minimum atomic E-state index is -0.552. The van der Waals surface area contributed by atoms with Crippen molar-refractivity contribution in [1.29, 1.82) is 0 Å². The quantitative estimate of drug-likeness (QED) is 0.905. The van der Waals surface area contributed by atoms with E-state index in [-0.39, 0.29) is 0 Å². The van der Waals surface area contributed by atoms with Gasteiger partial charge >= 0.3 is 0 Å². The number of hydrogen-bond acceptors (Lipinski definition) is 3. The highest BCUT2D eigenvalue weighted by Crippen LogP contribution is 2.38. The van der Waals surface area contributed by atoms with Gasteiger partial charge in [0.1, 0.15) is 5.75 Å². The molecule has 3 heteroatoms. The van der Waals surface area contributed by atoms with Crippen molar-refractivity contribution in [2.45, 2.75) is 29.7 Å². The molecule has 0 bridgehead atoms. The highest BCUT2D eigenvalue weighted by atomic mass is 32.2. The molecule has 0 radical (unpaired) electrons. The molecule has 0 amide bonds. The second-order valence-corrected chi connectivity index (χ2v) is 5.58. The van der Waals surface area contributed by atoms with Gasteiger partial charge in [0.15, 0.2) is 0 Å². The van der Waals surface area contributed by atoms with Crippen LogP contribution in [0.15, 0.2) is 52.3 Å². The van der Waals surface area contributed by atoms with Crippen molar-refractivity contribution in [3.8, 4) is 5.75 Å². The maximum atomic E-state index is 9.95. The number of aliphatic hydroxyl groups is 1. The van der Waals surface area contributed by atoms with Gasteiger partial charge < -0.3 is 9.84 Å². The molecule has 0 saturated heterocycles. The van der Waals surface area contributed by atoms with Crippen LogP contribution in [-0.4, -0.2) is 12.2 Å². The van der Waals surface area contributed by atoms with E-state index in [2.05, 4.69) is 31.2 Å². The van der Waals surface area contributed by atoms with Gasteiger partial charge in [-0.2, -0.15) is 0 Å². The summed E-state index contributed by atoms with van der Waals surface area (Å²) in [6.45, 7) is 3.83. The minimum absolute atomic E-state index is 0.552. The van der Waals surface area contributed by atoms with E-state index in [9.17, 15) is 5.11 Å². The Labute approximate surface area is 118 Å². The van der Waals surface area contributed by atoms with Gasteiger partial charge in [0.2, 0.25) is 0 Å². The van der Waals surface area contributed by atoms with E-state index in [0.717, 1.165) is 21.1 Å². The summed E-state index contributed by atoms with van der Waals surface area (Å²) < 4.78 is 5.33. The SMILES string of the molecule is COc1cccc(Sc2ccc(C)cc2)c1[C@H](C)O. The van der Waals surface area contributed by atoms with E-state index in [1.54, 1.807) is 25.8 Å². The molecule has 0 aromatic heterocycles. The van der Waals surface area contributed by atoms with Crippen LogP contribution >= 0.6 is 11.8 Å². The first kappa shape index (κ1) is 14.0. The van der Waals surface area contributed by atoms with Crippen molar-refractivity contribution in [3.05, 3.63) is 53.6 Å². The number of benzene rings is 2. The summed E-state index contributed by atoms with van der Waals surface area (Å²) in [6, 6.07) is 14.2. The van der Waals surface area contributed by atoms with E-state index in [1.165, 1.54) is 5.56 Å². The normalized spacial score (nSPS) is 12.2. The van der Waals surface area contributed by atoms with Crippen molar-refractivity contribution >= 4 is 11.8 Å². The molecule has 1 N–H and O–H groups in total. The Morgan fingerprint density at radius 1 is 1.11 bits per heavy atom. The van der Waals surface area contributed by atoms with E-state index >= 15 is 0 Å². The molecule has 0 aliphatic carbocycles. The Morgan fingerprint density at radius 3 is 2.37 bits per heavy atom. The lowest BCUT2D eigenvalue weighted by Crippen LogP contribution is -1.98. The average molecular weight is 274 g/mol. The molecule has 2 aromatic rings.